The summed E-state index contributed by atoms with van der Waals surface area (Å²) in [6.45, 7) is -0.262. The minimum Gasteiger partial charge on any atom is -0.498 e. The van der Waals surface area contributed by atoms with Crippen LogP contribution in [0.1, 0.15) is 11.4 Å². The summed E-state index contributed by atoms with van der Waals surface area (Å²) in [7, 11) is 0.528. The number of nitrogens with zero attached hydrogens (tertiary/aromatic N) is 1. The van der Waals surface area contributed by atoms with Crippen LogP contribution in [-0.4, -0.2) is 55.8 Å². The second kappa shape index (κ2) is 6.54. The minimum atomic E-state index is -1.10. The minimum absolute atomic E-state index is 0.0124. The maximum absolute atomic E-state index is 11.7. The zero-order valence-corrected chi connectivity index (χ0v) is 11.2. The number of carbonyl (C=O) groups is 2. The number of benzene rings is 1. The lowest BCUT2D eigenvalue weighted by atomic mass is 9.68. The van der Waals surface area contributed by atoms with E-state index in [1.165, 1.54) is 4.90 Å². The van der Waals surface area contributed by atoms with E-state index in [1.54, 1.807) is 31.3 Å². The van der Waals surface area contributed by atoms with Crippen molar-refractivity contribution in [3.63, 3.8) is 0 Å². The molecule has 0 aromatic heterocycles. The van der Waals surface area contributed by atoms with Gasteiger partial charge in [-0.2, -0.15) is 0 Å². The Balaban J connectivity index is 2.19. The molecular formula is C13H16BNO5. The van der Waals surface area contributed by atoms with Gasteiger partial charge in [0.25, 0.3) is 0 Å². The molecule has 0 bridgehead atoms. The van der Waals surface area contributed by atoms with E-state index in [9.17, 15) is 14.7 Å². The number of hydrogen-bond acceptors (Lipinski definition) is 6. The number of likely N-dealkylation sites (N-methyl/N-ethyl adjacent to an activating group) is 1. The van der Waals surface area contributed by atoms with Gasteiger partial charge in [-0.1, -0.05) is 30.3 Å². The normalized spacial score (nSPS) is 18.8. The van der Waals surface area contributed by atoms with Gasteiger partial charge in [0, 0.05) is 0 Å². The highest BCUT2D eigenvalue weighted by Gasteiger charge is 2.40. The molecule has 0 aliphatic carbocycles. The maximum atomic E-state index is 11.7. The van der Waals surface area contributed by atoms with Crippen LogP contribution in [0, 0.1) is 0 Å². The molecule has 1 fully saturated rings. The van der Waals surface area contributed by atoms with Crippen molar-refractivity contribution in [3.8, 4) is 0 Å². The number of carbonyl (C=O) groups excluding carboxylic acids is 2. The molecular weight excluding hydrogens is 261 g/mol. The molecule has 0 radical (unpaired) electrons. The molecule has 1 saturated heterocycles. The molecule has 106 valence electrons. The first-order valence-electron chi connectivity index (χ1n) is 6.33. The molecule has 0 amide bonds. The zero-order valence-electron chi connectivity index (χ0n) is 11.2. The molecule has 0 spiro atoms. The van der Waals surface area contributed by atoms with Gasteiger partial charge in [0.2, 0.25) is 0 Å². The van der Waals surface area contributed by atoms with Crippen molar-refractivity contribution < 1.29 is 24.0 Å². The Labute approximate surface area is 117 Å². The van der Waals surface area contributed by atoms with Crippen LogP contribution in [0.5, 0.6) is 0 Å². The van der Waals surface area contributed by atoms with E-state index in [4.69, 9.17) is 9.31 Å². The van der Waals surface area contributed by atoms with Gasteiger partial charge >= 0.3 is 19.1 Å². The molecule has 7 heteroatoms. The number of aliphatic hydroxyl groups is 1. The van der Waals surface area contributed by atoms with Crippen molar-refractivity contribution in [1.82, 2.24) is 4.90 Å². The molecule has 1 aromatic rings. The topological polar surface area (TPSA) is 76.1 Å². The lowest BCUT2D eigenvalue weighted by molar-refractivity contribution is -0.146. The van der Waals surface area contributed by atoms with Crippen molar-refractivity contribution in [2.45, 2.75) is 5.82 Å². The summed E-state index contributed by atoms with van der Waals surface area (Å²) < 4.78 is 10.3. The first kappa shape index (κ1) is 14.6. The lowest BCUT2D eigenvalue weighted by Gasteiger charge is -2.26. The van der Waals surface area contributed by atoms with E-state index < -0.39 is 24.9 Å². The summed E-state index contributed by atoms with van der Waals surface area (Å²) >= 11 is 0. The van der Waals surface area contributed by atoms with Crippen LogP contribution in [-0.2, 0) is 18.9 Å². The maximum Gasteiger partial charge on any atom is 0.608 e. The molecule has 1 N–H and O–H groups in total. The van der Waals surface area contributed by atoms with Gasteiger partial charge in [0.15, 0.2) is 0 Å². The molecule has 2 rings (SSSR count). The van der Waals surface area contributed by atoms with E-state index in [-0.39, 0.29) is 19.7 Å². The third-order valence-corrected chi connectivity index (χ3v) is 3.05. The Morgan fingerprint density at radius 3 is 2.25 bits per heavy atom. The van der Waals surface area contributed by atoms with Crippen LogP contribution in [0.2, 0.25) is 0 Å². The Bertz CT molecular complexity index is 461. The van der Waals surface area contributed by atoms with Crippen LogP contribution in [0.4, 0.5) is 0 Å². The number of hydrogen-bond donors (Lipinski definition) is 1. The Morgan fingerprint density at radius 1 is 1.20 bits per heavy atom. The largest absolute Gasteiger partial charge is 0.608 e. The monoisotopic (exact) mass is 277 g/mol. The van der Waals surface area contributed by atoms with Crippen LogP contribution in [0.15, 0.2) is 30.3 Å². The highest BCUT2D eigenvalue weighted by molar-refractivity contribution is 6.51. The fourth-order valence-electron chi connectivity index (χ4n) is 2.07. The van der Waals surface area contributed by atoms with Crippen LogP contribution >= 0.6 is 0 Å². The van der Waals surface area contributed by atoms with Gasteiger partial charge in [-0.25, -0.2) is 0 Å². The zero-order chi connectivity index (χ0) is 14.5. The third-order valence-electron chi connectivity index (χ3n) is 3.05. The third kappa shape index (κ3) is 3.58. The van der Waals surface area contributed by atoms with Gasteiger partial charge in [-0.05, 0) is 12.6 Å². The molecule has 6 nitrogen and oxygen atoms in total. The van der Waals surface area contributed by atoms with Crippen molar-refractivity contribution in [3.05, 3.63) is 35.9 Å². The molecule has 1 atom stereocenters. The Morgan fingerprint density at radius 2 is 1.75 bits per heavy atom. The summed E-state index contributed by atoms with van der Waals surface area (Å²) in [6.07, 6.45) is 0. The Hall–Kier alpha value is -1.86. The number of aliphatic hydroxyl groups excluding tert-OH is 1. The van der Waals surface area contributed by atoms with Crippen molar-refractivity contribution >= 4 is 19.1 Å². The Kier molecular flexibility index (Phi) is 4.76. The van der Waals surface area contributed by atoms with Crippen molar-refractivity contribution in [2.75, 3.05) is 26.7 Å². The first-order chi connectivity index (χ1) is 9.60. The molecule has 1 aromatic carbocycles. The molecule has 20 heavy (non-hydrogen) atoms. The van der Waals surface area contributed by atoms with E-state index >= 15 is 0 Å². The SMILES string of the molecule is CN1CC(=O)OB(C(CO)c2ccccc2)OC(=O)C1. The fraction of sp³-hybridized carbons (Fsp3) is 0.385. The van der Waals surface area contributed by atoms with Gasteiger partial charge in [-0.15, -0.1) is 0 Å². The second-order valence-electron chi connectivity index (χ2n) is 4.72. The smallest absolute Gasteiger partial charge is 0.498 e. The van der Waals surface area contributed by atoms with Gasteiger partial charge in [0.05, 0.1) is 25.5 Å². The summed E-state index contributed by atoms with van der Waals surface area (Å²) in [4.78, 5) is 24.9. The molecule has 0 saturated carbocycles. The first-order valence-corrected chi connectivity index (χ1v) is 6.33. The number of rotatable bonds is 3. The van der Waals surface area contributed by atoms with Crippen LogP contribution in [0.25, 0.3) is 0 Å². The second-order valence-corrected chi connectivity index (χ2v) is 4.72. The highest BCUT2D eigenvalue weighted by Crippen LogP contribution is 2.21. The van der Waals surface area contributed by atoms with Crippen molar-refractivity contribution in [2.24, 2.45) is 0 Å². The highest BCUT2D eigenvalue weighted by atomic mass is 16.6. The summed E-state index contributed by atoms with van der Waals surface area (Å²) in [5, 5.41) is 9.53. The molecule has 1 heterocycles. The van der Waals surface area contributed by atoms with E-state index in [1.807, 2.05) is 6.07 Å². The molecule has 1 aliphatic heterocycles. The van der Waals surface area contributed by atoms with Gasteiger partial charge < -0.3 is 14.4 Å². The summed E-state index contributed by atoms with van der Waals surface area (Å²) in [6, 6.07) is 9.01. The standard InChI is InChI=1S/C13H16BNO5/c1-15-7-12(17)19-14(20-13(18)8-15)11(9-16)10-5-3-2-4-6-10/h2-6,11,16H,7-9H2,1H3. The van der Waals surface area contributed by atoms with Crippen LogP contribution < -0.4 is 0 Å². The van der Waals surface area contributed by atoms with E-state index in [0.29, 0.717) is 0 Å². The van der Waals surface area contributed by atoms with E-state index in [2.05, 4.69) is 0 Å². The average Bonchev–Trinajstić information content (AvgIpc) is 2.38. The fourth-order valence-corrected chi connectivity index (χ4v) is 2.07. The summed E-state index contributed by atoms with van der Waals surface area (Å²) in [5.41, 5.74) is 0.745. The molecule has 1 aliphatic rings. The lowest BCUT2D eigenvalue weighted by Crippen LogP contribution is -2.45. The van der Waals surface area contributed by atoms with Gasteiger partial charge in [0.1, 0.15) is 0 Å². The average molecular weight is 277 g/mol. The van der Waals surface area contributed by atoms with E-state index in [0.717, 1.165) is 5.56 Å². The van der Waals surface area contributed by atoms with Crippen molar-refractivity contribution in [1.29, 1.82) is 0 Å². The quantitative estimate of drug-likeness (QED) is 0.772. The van der Waals surface area contributed by atoms with Gasteiger partial charge in [-0.3, -0.25) is 14.5 Å². The predicted octanol–water partition coefficient (Wildman–Crippen LogP) is -0.178. The molecule has 1 unspecified atom stereocenters. The van der Waals surface area contributed by atoms with Crippen LogP contribution in [0.3, 0.4) is 0 Å². The summed E-state index contributed by atoms with van der Waals surface area (Å²) in [5.74, 6) is -1.56. The predicted molar refractivity (Wildman–Crippen MR) is 71.7 cm³/mol.